The number of benzene rings is 1. The van der Waals surface area contributed by atoms with Gasteiger partial charge in [0.1, 0.15) is 5.75 Å². The third-order valence-corrected chi connectivity index (χ3v) is 2.77. The van der Waals surface area contributed by atoms with E-state index in [2.05, 4.69) is 45.3 Å². The van der Waals surface area contributed by atoms with Gasteiger partial charge in [0.25, 0.3) is 0 Å². The van der Waals surface area contributed by atoms with E-state index in [0.29, 0.717) is 0 Å². The third kappa shape index (κ3) is 5.07. The van der Waals surface area contributed by atoms with Crippen molar-refractivity contribution in [3.8, 4) is 5.75 Å². The van der Waals surface area contributed by atoms with Gasteiger partial charge in [-0.05, 0) is 36.0 Å². The minimum Gasteiger partial charge on any atom is -0.494 e. The van der Waals surface area contributed by atoms with E-state index >= 15 is 0 Å². The molecule has 0 bridgehead atoms. The zero-order valence-corrected chi connectivity index (χ0v) is 12.0. The van der Waals surface area contributed by atoms with Crippen molar-refractivity contribution in [2.75, 3.05) is 6.61 Å². The normalized spacial score (nSPS) is 13.4. The summed E-state index contributed by atoms with van der Waals surface area (Å²) in [5.41, 5.74) is 4.35. The highest BCUT2D eigenvalue weighted by Crippen LogP contribution is 2.29. The fourth-order valence-electron chi connectivity index (χ4n) is 1.90. The fourth-order valence-corrected chi connectivity index (χ4v) is 1.90. The second-order valence-corrected chi connectivity index (χ2v) is 5.90. The first kappa shape index (κ1) is 15.0. The smallest absolute Gasteiger partial charge is 0.119 e. The SMILES string of the molecule is CCCOc1ccc(C(CC(C)(C)C)NN)cc1. The number of rotatable bonds is 6. The molecule has 0 radical (unpaired) electrons. The van der Waals surface area contributed by atoms with Gasteiger partial charge in [-0.15, -0.1) is 0 Å². The first-order chi connectivity index (χ1) is 8.46. The highest BCUT2D eigenvalue weighted by molar-refractivity contribution is 5.29. The maximum absolute atomic E-state index is 5.65. The van der Waals surface area contributed by atoms with Crippen LogP contribution in [-0.4, -0.2) is 6.61 Å². The Hall–Kier alpha value is -1.06. The summed E-state index contributed by atoms with van der Waals surface area (Å²) in [5.74, 6) is 6.57. The summed E-state index contributed by atoms with van der Waals surface area (Å²) in [4.78, 5) is 0. The maximum atomic E-state index is 5.65. The van der Waals surface area contributed by atoms with Gasteiger partial charge < -0.3 is 4.74 Å². The molecule has 1 unspecified atom stereocenters. The summed E-state index contributed by atoms with van der Waals surface area (Å²) in [6, 6.07) is 8.38. The van der Waals surface area contributed by atoms with Gasteiger partial charge in [-0.2, -0.15) is 0 Å². The third-order valence-electron chi connectivity index (χ3n) is 2.77. The van der Waals surface area contributed by atoms with Crippen molar-refractivity contribution in [1.29, 1.82) is 0 Å². The molecule has 0 amide bonds. The average molecular weight is 250 g/mol. The van der Waals surface area contributed by atoms with Crippen LogP contribution in [0.25, 0.3) is 0 Å². The summed E-state index contributed by atoms with van der Waals surface area (Å²) in [6.45, 7) is 9.52. The molecule has 0 aliphatic rings. The van der Waals surface area contributed by atoms with Gasteiger partial charge in [-0.1, -0.05) is 39.8 Å². The van der Waals surface area contributed by atoms with Crippen LogP contribution in [0.1, 0.15) is 52.1 Å². The second kappa shape index (κ2) is 6.76. The maximum Gasteiger partial charge on any atom is 0.119 e. The van der Waals surface area contributed by atoms with Gasteiger partial charge in [0.15, 0.2) is 0 Å². The molecule has 3 nitrogen and oxygen atoms in total. The lowest BCUT2D eigenvalue weighted by molar-refractivity contribution is 0.310. The van der Waals surface area contributed by atoms with Gasteiger partial charge >= 0.3 is 0 Å². The topological polar surface area (TPSA) is 47.3 Å². The largest absolute Gasteiger partial charge is 0.494 e. The first-order valence-corrected chi connectivity index (χ1v) is 6.65. The number of hydrogen-bond acceptors (Lipinski definition) is 3. The summed E-state index contributed by atoms with van der Waals surface area (Å²) in [5, 5.41) is 0. The molecule has 0 saturated carbocycles. The van der Waals surface area contributed by atoms with E-state index in [4.69, 9.17) is 10.6 Å². The molecule has 102 valence electrons. The average Bonchev–Trinajstić information content (AvgIpc) is 2.33. The van der Waals surface area contributed by atoms with Crippen molar-refractivity contribution in [3.63, 3.8) is 0 Å². The Balaban J connectivity index is 2.69. The first-order valence-electron chi connectivity index (χ1n) is 6.65. The fraction of sp³-hybridized carbons (Fsp3) is 0.600. The van der Waals surface area contributed by atoms with Gasteiger partial charge in [-0.25, -0.2) is 0 Å². The molecule has 1 aromatic rings. The van der Waals surface area contributed by atoms with Gasteiger partial charge in [0.2, 0.25) is 0 Å². The Morgan fingerprint density at radius 3 is 2.28 bits per heavy atom. The summed E-state index contributed by atoms with van der Waals surface area (Å²) in [7, 11) is 0. The zero-order valence-electron chi connectivity index (χ0n) is 12.0. The number of hydrazine groups is 1. The molecule has 0 aromatic heterocycles. The lowest BCUT2D eigenvalue weighted by atomic mass is 9.86. The molecule has 0 aliphatic carbocycles. The second-order valence-electron chi connectivity index (χ2n) is 5.90. The molecular formula is C15H26N2O. The summed E-state index contributed by atoms with van der Waals surface area (Å²) in [6.07, 6.45) is 2.03. The Bertz CT molecular complexity index is 341. The number of nitrogens with two attached hydrogens (primary N) is 1. The van der Waals surface area contributed by atoms with Crippen molar-refractivity contribution < 1.29 is 4.74 Å². The Kier molecular flexibility index (Phi) is 5.63. The van der Waals surface area contributed by atoms with E-state index in [9.17, 15) is 0 Å². The molecule has 0 spiro atoms. The summed E-state index contributed by atoms with van der Waals surface area (Å²) < 4.78 is 5.57. The van der Waals surface area contributed by atoms with Crippen LogP contribution in [-0.2, 0) is 0 Å². The van der Waals surface area contributed by atoms with E-state index < -0.39 is 0 Å². The summed E-state index contributed by atoms with van der Waals surface area (Å²) >= 11 is 0. The van der Waals surface area contributed by atoms with Crippen LogP contribution >= 0.6 is 0 Å². The molecule has 0 fully saturated rings. The van der Waals surface area contributed by atoms with E-state index in [0.717, 1.165) is 25.2 Å². The Morgan fingerprint density at radius 2 is 1.83 bits per heavy atom. The van der Waals surface area contributed by atoms with Gasteiger partial charge in [0.05, 0.1) is 6.61 Å². The molecule has 0 saturated heterocycles. The van der Waals surface area contributed by atoms with E-state index in [-0.39, 0.29) is 11.5 Å². The van der Waals surface area contributed by atoms with Crippen LogP contribution in [0.5, 0.6) is 5.75 Å². The van der Waals surface area contributed by atoms with Crippen LogP contribution in [0.15, 0.2) is 24.3 Å². The van der Waals surface area contributed by atoms with Crippen molar-refractivity contribution in [3.05, 3.63) is 29.8 Å². The predicted molar refractivity (Wildman–Crippen MR) is 76.4 cm³/mol. The zero-order chi connectivity index (χ0) is 13.6. The van der Waals surface area contributed by atoms with Crippen LogP contribution in [0.3, 0.4) is 0 Å². The Morgan fingerprint density at radius 1 is 1.22 bits per heavy atom. The van der Waals surface area contributed by atoms with Crippen LogP contribution < -0.4 is 16.0 Å². The van der Waals surface area contributed by atoms with Gasteiger partial charge in [-0.3, -0.25) is 11.3 Å². The van der Waals surface area contributed by atoms with Gasteiger partial charge in [0, 0.05) is 6.04 Å². The molecule has 1 aromatic carbocycles. The van der Waals surface area contributed by atoms with Crippen LogP contribution in [0.2, 0.25) is 0 Å². The van der Waals surface area contributed by atoms with E-state index in [1.807, 2.05) is 12.1 Å². The molecular weight excluding hydrogens is 224 g/mol. The molecule has 1 rings (SSSR count). The van der Waals surface area contributed by atoms with E-state index in [1.54, 1.807) is 0 Å². The molecule has 3 heteroatoms. The quantitative estimate of drug-likeness (QED) is 0.601. The van der Waals surface area contributed by atoms with Crippen molar-refractivity contribution in [2.45, 2.75) is 46.6 Å². The molecule has 1 atom stereocenters. The lowest BCUT2D eigenvalue weighted by Gasteiger charge is -2.25. The number of hydrogen-bond donors (Lipinski definition) is 2. The molecule has 0 aliphatic heterocycles. The van der Waals surface area contributed by atoms with Crippen LogP contribution in [0, 0.1) is 5.41 Å². The minimum absolute atomic E-state index is 0.185. The minimum atomic E-state index is 0.185. The monoisotopic (exact) mass is 250 g/mol. The molecule has 18 heavy (non-hydrogen) atoms. The lowest BCUT2D eigenvalue weighted by Crippen LogP contribution is -2.31. The van der Waals surface area contributed by atoms with Crippen molar-refractivity contribution in [2.24, 2.45) is 11.3 Å². The van der Waals surface area contributed by atoms with E-state index in [1.165, 1.54) is 5.56 Å². The van der Waals surface area contributed by atoms with Crippen molar-refractivity contribution in [1.82, 2.24) is 5.43 Å². The van der Waals surface area contributed by atoms with Crippen molar-refractivity contribution >= 4 is 0 Å². The standard InChI is InChI=1S/C15H26N2O/c1-5-10-18-13-8-6-12(7-9-13)14(17-16)11-15(2,3)4/h6-9,14,17H,5,10-11,16H2,1-4H3. The highest BCUT2D eigenvalue weighted by Gasteiger charge is 2.19. The number of ether oxygens (including phenoxy) is 1. The van der Waals surface area contributed by atoms with Crippen LogP contribution in [0.4, 0.5) is 0 Å². The Labute approximate surface area is 111 Å². The molecule has 0 heterocycles. The molecule has 3 N–H and O–H groups in total. The highest BCUT2D eigenvalue weighted by atomic mass is 16.5. The number of nitrogens with one attached hydrogen (secondary N) is 1. The predicted octanol–water partition coefficient (Wildman–Crippen LogP) is 3.42.